The monoisotopic (exact) mass is 260 g/mol. The van der Waals surface area contributed by atoms with Gasteiger partial charge in [-0.15, -0.1) is 0 Å². The molecule has 1 aromatic carbocycles. The van der Waals surface area contributed by atoms with Crippen LogP contribution in [-0.4, -0.2) is 19.0 Å². The van der Waals surface area contributed by atoms with E-state index in [0.29, 0.717) is 12.5 Å². The second-order valence-corrected chi connectivity index (χ2v) is 5.40. The molecule has 0 spiro atoms. The molecular formula is C16H24N2O. The number of aryl methyl sites for hydroxylation is 1. The van der Waals surface area contributed by atoms with Gasteiger partial charge in [0.05, 0.1) is 0 Å². The molecule has 0 radical (unpaired) electrons. The lowest BCUT2D eigenvalue weighted by atomic mass is 9.94. The summed E-state index contributed by atoms with van der Waals surface area (Å²) in [6.45, 7) is 5.44. The van der Waals surface area contributed by atoms with Crippen molar-refractivity contribution in [2.75, 3.05) is 18.0 Å². The number of nitrogens with two attached hydrogens (primary N) is 1. The summed E-state index contributed by atoms with van der Waals surface area (Å²) in [6.07, 6.45) is 3.21. The van der Waals surface area contributed by atoms with Gasteiger partial charge in [-0.1, -0.05) is 24.6 Å². The lowest BCUT2D eigenvalue weighted by molar-refractivity contribution is -0.123. The normalized spacial score (nSPS) is 22.5. The van der Waals surface area contributed by atoms with Crippen molar-refractivity contribution in [2.45, 2.75) is 33.1 Å². The van der Waals surface area contributed by atoms with Crippen LogP contribution in [-0.2, 0) is 4.79 Å². The van der Waals surface area contributed by atoms with E-state index in [1.54, 1.807) is 0 Å². The Balaban J connectivity index is 2.22. The fourth-order valence-electron chi connectivity index (χ4n) is 3.16. The Morgan fingerprint density at radius 3 is 2.74 bits per heavy atom. The number of hydrogen-bond donors (Lipinski definition) is 1. The van der Waals surface area contributed by atoms with Crippen molar-refractivity contribution < 1.29 is 4.79 Å². The predicted molar refractivity (Wildman–Crippen MR) is 79.1 cm³/mol. The zero-order valence-electron chi connectivity index (χ0n) is 11.9. The summed E-state index contributed by atoms with van der Waals surface area (Å²) in [4.78, 5) is 14.7. The molecule has 1 aromatic rings. The zero-order valence-corrected chi connectivity index (χ0v) is 11.9. The van der Waals surface area contributed by atoms with Crippen LogP contribution < -0.4 is 10.6 Å². The second-order valence-electron chi connectivity index (χ2n) is 5.40. The highest BCUT2D eigenvalue weighted by atomic mass is 16.2. The van der Waals surface area contributed by atoms with E-state index >= 15 is 0 Å². The van der Waals surface area contributed by atoms with Crippen LogP contribution in [0.25, 0.3) is 0 Å². The highest BCUT2D eigenvalue weighted by Gasteiger charge is 2.34. The van der Waals surface area contributed by atoms with E-state index in [1.807, 2.05) is 30.0 Å². The quantitative estimate of drug-likeness (QED) is 0.904. The number of nitrogens with zero attached hydrogens (tertiary/aromatic N) is 1. The number of hydrogen-bond acceptors (Lipinski definition) is 2. The molecular weight excluding hydrogens is 236 g/mol. The van der Waals surface area contributed by atoms with Gasteiger partial charge in [-0.25, -0.2) is 0 Å². The van der Waals surface area contributed by atoms with Gasteiger partial charge in [0.15, 0.2) is 0 Å². The van der Waals surface area contributed by atoms with Gasteiger partial charge >= 0.3 is 0 Å². The molecule has 1 aliphatic carbocycles. The average Bonchev–Trinajstić information content (AvgIpc) is 2.89. The molecule has 1 aliphatic rings. The van der Waals surface area contributed by atoms with Crippen LogP contribution in [0.5, 0.6) is 0 Å². The maximum Gasteiger partial charge on any atom is 0.230 e. The Bertz CT molecular complexity index is 444. The molecule has 2 unspecified atom stereocenters. The van der Waals surface area contributed by atoms with Crippen LogP contribution in [0.1, 0.15) is 31.7 Å². The van der Waals surface area contributed by atoms with Crippen molar-refractivity contribution in [1.82, 2.24) is 0 Å². The highest BCUT2D eigenvalue weighted by molar-refractivity contribution is 5.96. The summed E-state index contributed by atoms with van der Waals surface area (Å²) in [5.41, 5.74) is 7.99. The summed E-state index contributed by atoms with van der Waals surface area (Å²) in [6, 6.07) is 8.09. The topological polar surface area (TPSA) is 46.3 Å². The fourth-order valence-corrected chi connectivity index (χ4v) is 3.16. The van der Waals surface area contributed by atoms with Crippen LogP contribution >= 0.6 is 0 Å². The molecule has 19 heavy (non-hydrogen) atoms. The second kappa shape index (κ2) is 6.20. The van der Waals surface area contributed by atoms with Gasteiger partial charge in [-0.05, 0) is 50.8 Å². The van der Waals surface area contributed by atoms with Gasteiger partial charge in [-0.3, -0.25) is 4.79 Å². The maximum atomic E-state index is 12.8. The van der Waals surface area contributed by atoms with Crippen molar-refractivity contribution in [3.63, 3.8) is 0 Å². The van der Waals surface area contributed by atoms with Crippen LogP contribution in [0.4, 0.5) is 5.69 Å². The maximum absolute atomic E-state index is 12.8. The van der Waals surface area contributed by atoms with Crippen LogP contribution in [0.3, 0.4) is 0 Å². The highest BCUT2D eigenvalue weighted by Crippen LogP contribution is 2.34. The van der Waals surface area contributed by atoms with Crippen molar-refractivity contribution in [3.8, 4) is 0 Å². The number of para-hydroxylation sites is 1. The Labute approximate surface area is 115 Å². The summed E-state index contributed by atoms with van der Waals surface area (Å²) in [5.74, 6) is 0.736. The standard InChI is InChI=1S/C16H24N2O/c1-3-18(15-10-5-4-7-12(15)2)16(19)14-9-6-8-13(14)11-17/h4-5,7,10,13-14H,3,6,8-9,11,17H2,1-2H3. The molecule has 104 valence electrons. The molecule has 1 fully saturated rings. The molecule has 2 atom stereocenters. The number of rotatable bonds is 4. The zero-order chi connectivity index (χ0) is 13.8. The molecule has 0 aliphatic heterocycles. The van der Waals surface area contributed by atoms with Gasteiger partial charge in [0.2, 0.25) is 5.91 Å². The first-order valence-corrected chi connectivity index (χ1v) is 7.26. The molecule has 1 saturated carbocycles. The molecule has 2 N–H and O–H groups in total. The molecule has 0 aromatic heterocycles. The number of amides is 1. The molecule has 1 amide bonds. The minimum absolute atomic E-state index is 0.115. The summed E-state index contributed by atoms with van der Waals surface area (Å²) in [7, 11) is 0. The van der Waals surface area contributed by atoms with Crippen molar-refractivity contribution in [3.05, 3.63) is 29.8 Å². The van der Waals surface area contributed by atoms with Crippen LogP contribution in [0.2, 0.25) is 0 Å². The van der Waals surface area contributed by atoms with E-state index in [9.17, 15) is 4.79 Å². The number of benzene rings is 1. The number of carbonyl (C=O) groups is 1. The van der Waals surface area contributed by atoms with E-state index in [2.05, 4.69) is 13.0 Å². The largest absolute Gasteiger partial charge is 0.330 e. The van der Waals surface area contributed by atoms with Crippen LogP contribution in [0.15, 0.2) is 24.3 Å². The Morgan fingerprint density at radius 1 is 1.37 bits per heavy atom. The van der Waals surface area contributed by atoms with E-state index < -0.39 is 0 Å². The molecule has 3 nitrogen and oxygen atoms in total. The minimum Gasteiger partial charge on any atom is -0.330 e. The van der Waals surface area contributed by atoms with E-state index in [1.165, 1.54) is 0 Å². The summed E-state index contributed by atoms with van der Waals surface area (Å²) < 4.78 is 0. The van der Waals surface area contributed by atoms with E-state index in [0.717, 1.165) is 37.1 Å². The number of anilines is 1. The smallest absolute Gasteiger partial charge is 0.230 e. The predicted octanol–water partition coefficient (Wildman–Crippen LogP) is 2.72. The lowest BCUT2D eigenvalue weighted by Crippen LogP contribution is -2.39. The fraction of sp³-hybridized carbons (Fsp3) is 0.562. The molecule has 3 heteroatoms. The first-order valence-electron chi connectivity index (χ1n) is 7.26. The third-order valence-corrected chi connectivity index (χ3v) is 4.27. The first kappa shape index (κ1) is 14.1. The average molecular weight is 260 g/mol. The minimum atomic E-state index is 0.115. The van der Waals surface area contributed by atoms with Crippen molar-refractivity contribution in [2.24, 2.45) is 17.6 Å². The molecule has 0 heterocycles. The van der Waals surface area contributed by atoms with E-state index in [-0.39, 0.29) is 11.8 Å². The lowest BCUT2D eigenvalue weighted by Gasteiger charge is -2.28. The third kappa shape index (κ3) is 2.81. The molecule has 0 bridgehead atoms. The Morgan fingerprint density at radius 2 is 2.11 bits per heavy atom. The summed E-state index contributed by atoms with van der Waals surface area (Å²) in [5, 5.41) is 0. The van der Waals surface area contributed by atoms with Crippen molar-refractivity contribution >= 4 is 11.6 Å². The van der Waals surface area contributed by atoms with Crippen LogP contribution in [0, 0.1) is 18.8 Å². The third-order valence-electron chi connectivity index (χ3n) is 4.27. The molecule has 2 rings (SSSR count). The van der Waals surface area contributed by atoms with Gasteiger partial charge in [0.1, 0.15) is 0 Å². The Hall–Kier alpha value is -1.35. The van der Waals surface area contributed by atoms with Crippen molar-refractivity contribution in [1.29, 1.82) is 0 Å². The first-order chi connectivity index (χ1) is 9.19. The van der Waals surface area contributed by atoms with E-state index in [4.69, 9.17) is 5.73 Å². The Kier molecular flexibility index (Phi) is 4.59. The van der Waals surface area contributed by atoms with Gasteiger partial charge in [-0.2, -0.15) is 0 Å². The van der Waals surface area contributed by atoms with Gasteiger partial charge < -0.3 is 10.6 Å². The SMILES string of the molecule is CCN(C(=O)C1CCCC1CN)c1ccccc1C. The number of carbonyl (C=O) groups excluding carboxylic acids is 1. The molecule has 0 saturated heterocycles. The van der Waals surface area contributed by atoms with Gasteiger partial charge in [0.25, 0.3) is 0 Å². The van der Waals surface area contributed by atoms with Gasteiger partial charge in [0, 0.05) is 18.2 Å². The summed E-state index contributed by atoms with van der Waals surface area (Å²) >= 11 is 0.